The lowest BCUT2D eigenvalue weighted by molar-refractivity contribution is -0.122. The second kappa shape index (κ2) is 9.52. The summed E-state index contributed by atoms with van der Waals surface area (Å²) in [6.07, 6.45) is 4.87. The van der Waals surface area contributed by atoms with Crippen LogP contribution in [0.5, 0.6) is 5.75 Å². The standard InChI is InChI=1S/C25H31N3O3/c1-17-11-20(13-23(29)12-17)25(31)26-14-24(30)27-21-15-28(16-21)22-9-7-19(8-10-22)18-5-3-2-4-6-18/h2-6,11-13,19,21-22,29H,7-10,14-16H2,1H3,(H,26,31)(H,27,30)/t19-,22+. The maximum atomic E-state index is 12.2. The Balaban J connectivity index is 1.15. The molecule has 2 fully saturated rings. The Morgan fingerprint density at radius 1 is 1.03 bits per heavy atom. The molecule has 2 aliphatic rings. The number of carbonyl (C=O) groups is 2. The van der Waals surface area contributed by atoms with Crippen molar-refractivity contribution in [3.63, 3.8) is 0 Å². The molecule has 1 aliphatic heterocycles. The second-order valence-electron chi connectivity index (χ2n) is 8.87. The van der Waals surface area contributed by atoms with Crippen molar-refractivity contribution in [1.29, 1.82) is 0 Å². The van der Waals surface area contributed by atoms with Gasteiger partial charge in [-0.15, -0.1) is 0 Å². The number of rotatable bonds is 6. The minimum absolute atomic E-state index is 0.0435. The summed E-state index contributed by atoms with van der Waals surface area (Å²) in [5.41, 5.74) is 2.60. The van der Waals surface area contributed by atoms with E-state index in [1.165, 1.54) is 37.3 Å². The summed E-state index contributed by atoms with van der Waals surface area (Å²) in [4.78, 5) is 26.9. The lowest BCUT2D eigenvalue weighted by Gasteiger charge is -2.46. The number of aromatic hydroxyl groups is 1. The van der Waals surface area contributed by atoms with E-state index in [1.54, 1.807) is 19.1 Å². The molecule has 0 spiro atoms. The zero-order chi connectivity index (χ0) is 21.8. The zero-order valence-electron chi connectivity index (χ0n) is 18.0. The fourth-order valence-electron chi connectivity index (χ4n) is 4.84. The minimum Gasteiger partial charge on any atom is -0.508 e. The van der Waals surface area contributed by atoms with Crippen molar-refractivity contribution in [3.8, 4) is 5.75 Å². The fraction of sp³-hybridized carbons (Fsp3) is 0.440. The molecule has 4 rings (SSSR count). The molecule has 0 unspecified atom stereocenters. The van der Waals surface area contributed by atoms with Gasteiger partial charge in [-0.2, -0.15) is 0 Å². The monoisotopic (exact) mass is 421 g/mol. The van der Waals surface area contributed by atoms with Gasteiger partial charge in [0.15, 0.2) is 0 Å². The molecule has 3 N–H and O–H groups in total. The van der Waals surface area contributed by atoms with Crippen LogP contribution in [0.2, 0.25) is 0 Å². The molecule has 0 atom stereocenters. The average molecular weight is 422 g/mol. The summed E-state index contributed by atoms with van der Waals surface area (Å²) in [5.74, 6) is 0.178. The van der Waals surface area contributed by atoms with E-state index in [4.69, 9.17) is 0 Å². The van der Waals surface area contributed by atoms with Gasteiger partial charge in [0.2, 0.25) is 5.91 Å². The molecule has 2 aromatic rings. The number of benzene rings is 2. The van der Waals surface area contributed by atoms with Gasteiger partial charge in [0.05, 0.1) is 12.6 Å². The molecule has 1 saturated carbocycles. The van der Waals surface area contributed by atoms with Crippen LogP contribution < -0.4 is 10.6 Å². The number of likely N-dealkylation sites (tertiary alicyclic amines) is 1. The van der Waals surface area contributed by atoms with Crippen LogP contribution >= 0.6 is 0 Å². The lowest BCUT2D eigenvalue weighted by Crippen LogP contribution is -2.63. The largest absolute Gasteiger partial charge is 0.508 e. The van der Waals surface area contributed by atoms with Crippen LogP contribution in [-0.2, 0) is 4.79 Å². The lowest BCUT2D eigenvalue weighted by atomic mass is 9.80. The Morgan fingerprint density at radius 2 is 1.74 bits per heavy atom. The molecule has 164 valence electrons. The van der Waals surface area contributed by atoms with E-state index in [0.717, 1.165) is 18.7 Å². The first-order chi connectivity index (χ1) is 15.0. The number of nitrogens with zero attached hydrogens (tertiary/aromatic N) is 1. The van der Waals surface area contributed by atoms with Gasteiger partial charge in [-0.05, 0) is 67.9 Å². The van der Waals surface area contributed by atoms with Crippen LogP contribution in [0.25, 0.3) is 0 Å². The number of amides is 2. The van der Waals surface area contributed by atoms with E-state index < -0.39 is 0 Å². The highest BCUT2D eigenvalue weighted by Gasteiger charge is 2.35. The van der Waals surface area contributed by atoms with Crippen molar-refractivity contribution in [3.05, 3.63) is 65.2 Å². The quantitative estimate of drug-likeness (QED) is 0.670. The average Bonchev–Trinajstić information content (AvgIpc) is 2.74. The second-order valence-corrected chi connectivity index (χ2v) is 8.87. The Labute approximate surface area is 183 Å². The van der Waals surface area contributed by atoms with Crippen molar-refractivity contribution in [2.75, 3.05) is 19.6 Å². The highest BCUT2D eigenvalue weighted by Crippen LogP contribution is 2.35. The van der Waals surface area contributed by atoms with Gasteiger partial charge >= 0.3 is 0 Å². The first-order valence-electron chi connectivity index (χ1n) is 11.1. The van der Waals surface area contributed by atoms with Crippen molar-refractivity contribution in [2.45, 2.75) is 50.6 Å². The molecule has 0 aromatic heterocycles. The van der Waals surface area contributed by atoms with Gasteiger partial charge in [0.25, 0.3) is 5.91 Å². The van der Waals surface area contributed by atoms with E-state index in [2.05, 4.69) is 45.9 Å². The number of hydrogen-bond acceptors (Lipinski definition) is 4. The van der Waals surface area contributed by atoms with Gasteiger partial charge in [-0.3, -0.25) is 14.5 Å². The summed E-state index contributed by atoms with van der Waals surface area (Å²) in [6.45, 7) is 3.50. The van der Waals surface area contributed by atoms with Crippen LogP contribution in [0.4, 0.5) is 0 Å². The van der Waals surface area contributed by atoms with Crippen LogP contribution in [0.15, 0.2) is 48.5 Å². The summed E-state index contributed by atoms with van der Waals surface area (Å²) in [5, 5.41) is 15.3. The SMILES string of the molecule is Cc1cc(O)cc(C(=O)NCC(=O)NC2CN([C@H]3CC[C@@H](c4ccccc4)CC3)C2)c1. The Morgan fingerprint density at radius 3 is 2.42 bits per heavy atom. The normalized spacial score (nSPS) is 21.8. The number of carbonyl (C=O) groups excluding carboxylic acids is 2. The van der Waals surface area contributed by atoms with Crippen molar-refractivity contribution < 1.29 is 14.7 Å². The Kier molecular flexibility index (Phi) is 6.56. The van der Waals surface area contributed by atoms with Crippen molar-refractivity contribution >= 4 is 11.8 Å². The fourth-order valence-corrected chi connectivity index (χ4v) is 4.84. The third-order valence-corrected chi connectivity index (χ3v) is 6.49. The smallest absolute Gasteiger partial charge is 0.251 e. The summed E-state index contributed by atoms with van der Waals surface area (Å²) < 4.78 is 0. The van der Waals surface area contributed by atoms with Crippen LogP contribution in [-0.4, -0.2) is 53.5 Å². The zero-order valence-corrected chi connectivity index (χ0v) is 18.0. The van der Waals surface area contributed by atoms with E-state index in [-0.39, 0.29) is 30.2 Å². The van der Waals surface area contributed by atoms with Gasteiger partial charge in [-0.1, -0.05) is 30.3 Å². The maximum Gasteiger partial charge on any atom is 0.251 e. The summed E-state index contributed by atoms with van der Waals surface area (Å²) >= 11 is 0. The maximum absolute atomic E-state index is 12.2. The van der Waals surface area contributed by atoms with E-state index in [1.807, 2.05) is 0 Å². The van der Waals surface area contributed by atoms with Crippen LogP contribution in [0.3, 0.4) is 0 Å². The molecule has 6 heteroatoms. The Hall–Kier alpha value is -2.86. The summed E-state index contributed by atoms with van der Waals surface area (Å²) in [7, 11) is 0. The molecule has 1 aliphatic carbocycles. The van der Waals surface area contributed by atoms with Gasteiger partial charge < -0.3 is 15.7 Å². The first-order valence-corrected chi connectivity index (χ1v) is 11.1. The summed E-state index contributed by atoms with van der Waals surface area (Å²) in [6, 6.07) is 16.2. The van der Waals surface area contributed by atoms with Crippen LogP contribution in [0, 0.1) is 6.92 Å². The van der Waals surface area contributed by atoms with E-state index in [9.17, 15) is 14.7 Å². The highest BCUT2D eigenvalue weighted by atomic mass is 16.3. The molecule has 6 nitrogen and oxygen atoms in total. The predicted molar refractivity (Wildman–Crippen MR) is 120 cm³/mol. The highest BCUT2D eigenvalue weighted by molar-refractivity contribution is 5.97. The third kappa shape index (κ3) is 5.44. The molecule has 2 aromatic carbocycles. The topological polar surface area (TPSA) is 81.7 Å². The number of nitrogens with one attached hydrogen (secondary N) is 2. The van der Waals surface area contributed by atoms with E-state index in [0.29, 0.717) is 17.5 Å². The first kappa shape index (κ1) is 21.4. The number of phenols is 1. The molecule has 31 heavy (non-hydrogen) atoms. The minimum atomic E-state index is -0.362. The third-order valence-electron chi connectivity index (χ3n) is 6.49. The molecule has 0 bridgehead atoms. The molecule has 0 radical (unpaired) electrons. The Bertz CT molecular complexity index is 897. The van der Waals surface area contributed by atoms with Crippen molar-refractivity contribution in [1.82, 2.24) is 15.5 Å². The number of aryl methyl sites for hydroxylation is 1. The van der Waals surface area contributed by atoms with Crippen LogP contribution in [0.1, 0.15) is 53.1 Å². The van der Waals surface area contributed by atoms with Gasteiger partial charge in [-0.25, -0.2) is 0 Å². The van der Waals surface area contributed by atoms with Gasteiger partial charge in [0.1, 0.15) is 5.75 Å². The molecular formula is C25H31N3O3. The van der Waals surface area contributed by atoms with E-state index >= 15 is 0 Å². The predicted octanol–water partition coefficient (Wildman–Crippen LogP) is 2.96. The number of hydrogen-bond donors (Lipinski definition) is 3. The molecule has 2 amide bonds. The molecule has 1 heterocycles. The molecule has 1 saturated heterocycles. The van der Waals surface area contributed by atoms with Crippen molar-refractivity contribution in [2.24, 2.45) is 0 Å². The molecular weight excluding hydrogens is 390 g/mol. The number of phenolic OH excluding ortho intramolecular Hbond substituents is 1. The van der Waals surface area contributed by atoms with Gasteiger partial charge in [0, 0.05) is 24.7 Å².